The summed E-state index contributed by atoms with van der Waals surface area (Å²) in [6, 6.07) is 2.42. The van der Waals surface area contributed by atoms with Crippen molar-refractivity contribution < 1.29 is 4.74 Å². The zero-order chi connectivity index (χ0) is 12.4. The van der Waals surface area contributed by atoms with E-state index in [9.17, 15) is 0 Å². The van der Waals surface area contributed by atoms with E-state index in [0.29, 0.717) is 6.10 Å². The maximum absolute atomic E-state index is 5.71. The van der Waals surface area contributed by atoms with Crippen molar-refractivity contribution in [3.63, 3.8) is 0 Å². The Kier molecular flexibility index (Phi) is 4.22. The molecule has 1 aliphatic carbocycles. The van der Waals surface area contributed by atoms with Gasteiger partial charge in [0.15, 0.2) is 0 Å². The summed E-state index contributed by atoms with van der Waals surface area (Å²) < 4.78 is 5.71. The van der Waals surface area contributed by atoms with Crippen LogP contribution in [0.1, 0.15) is 51.9 Å². The number of hydrogen-bond acceptors (Lipinski definition) is 3. The summed E-state index contributed by atoms with van der Waals surface area (Å²) in [5, 5.41) is 3.71. The van der Waals surface area contributed by atoms with Crippen LogP contribution in [-0.4, -0.2) is 48.8 Å². The Hall–Kier alpha value is -0.120. The molecule has 3 rings (SSSR count). The molecule has 1 saturated carbocycles. The van der Waals surface area contributed by atoms with Crippen LogP contribution in [0.15, 0.2) is 0 Å². The van der Waals surface area contributed by atoms with Crippen molar-refractivity contribution in [2.45, 2.75) is 76.1 Å². The van der Waals surface area contributed by atoms with Gasteiger partial charge in [-0.05, 0) is 52.0 Å². The molecule has 3 heteroatoms. The van der Waals surface area contributed by atoms with Gasteiger partial charge in [-0.1, -0.05) is 6.42 Å². The van der Waals surface area contributed by atoms with Gasteiger partial charge in [0.25, 0.3) is 0 Å². The molecule has 0 spiro atoms. The fraction of sp³-hybridized carbons (Fsp3) is 1.00. The third kappa shape index (κ3) is 3.25. The van der Waals surface area contributed by atoms with Crippen molar-refractivity contribution in [1.29, 1.82) is 0 Å². The second-order valence-corrected chi connectivity index (χ2v) is 6.43. The molecule has 0 amide bonds. The molecule has 1 N–H and O–H groups in total. The Morgan fingerprint density at radius 2 is 2.00 bits per heavy atom. The highest BCUT2D eigenvalue weighted by Gasteiger charge is 2.37. The molecule has 3 aliphatic rings. The van der Waals surface area contributed by atoms with Crippen LogP contribution in [-0.2, 0) is 4.74 Å². The Morgan fingerprint density at radius 1 is 1.11 bits per heavy atom. The van der Waals surface area contributed by atoms with Crippen LogP contribution < -0.4 is 5.32 Å². The van der Waals surface area contributed by atoms with Crippen LogP contribution >= 0.6 is 0 Å². The van der Waals surface area contributed by atoms with E-state index < -0.39 is 0 Å². The van der Waals surface area contributed by atoms with Gasteiger partial charge in [0.1, 0.15) is 0 Å². The number of piperidine rings is 1. The molecule has 3 unspecified atom stereocenters. The minimum absolute atomic E-state index is 0.462. The van der Waals surface area contributed by atoms with Crippen LogP contribution in [0.4, 0.5) is 0 Å². The predicted molar refractivity (Wildman–Crippen MR) is 73.8 cm³/mol. The molecule has 2 aliphatic heterocycles. The number of rotatable bonds is 4. The molecule has 3 atom stereocenters. The first-order chi connectivity index (χ1) is 8.83. The molecule has 104 valence electrons. The second kappa shape index (κ2) is 5.89. The first kappa shape index (κ1) is 12.9. The maximum Gasteiger partial charge on any atom is 0.0561 e. The van der Waals surface area contributed by atoms with Gasteiger partial charge in [-0.3, -0.25) is 4.90 Å². The molecule has 0 radical (unpaired) electrons. The van der Waals surface area contributed by atoms with E-state index in [0.717, 1.165) is 24.7 Å². The first-order valence-electron chi connectivity index (χ1n) is 7.93. The summed E-state index contributed by atoms with van der Waals surface area (Å²) in [5.74, 6) is 0. The van der Waals surface area contributed by atoms with Gasteiger partial charge in [0, 0.05) is 31.3 Å². The molecule has 0 aromatic carbocycles. The third-order valence-electron chi connectivity index (χ3n) is 4.79. The molecule has 18 heavy (non-hydrogen) atoms. The van der Waals surface area contributed by atoms with Crippen LogP contribution in [0.3, 0.4) is 0 Å². The quantitative estimate of drug-likeness (QED) is 0.830. The number of ether oxygens (including phenoxy) is 1. The highest BCUT2D eigenvalue weighted by Crippen LogP contribution is 2.33. The Morgan fingerprint density at radius 3 is 2.67 bits per heavy atom. The first-order valence-corrected chi connectivity index (χ1v) is 7.93. The monoisotopic (exact) mass is 252 g/mol. The van der Waals surface area contributed by atoms with E-state index >= 15 is 0 Å². The minimum Gasteiger partial charge on any atom is -0.378 e. The van der Waals surface area contributed by atoms with Crippen molar-refractivity contribution >= 4 is 0 Å². The largest absolute Gasteiger partial charge is 0.378 e. The summed E-state index contributed by atoms with van der Waals surface area (Å²) in [7, 11) is 0. The molecule has 0 bridgehead atoms. The minimum atomic E-state index is 0.462. The normalized spacial score (nSPS) is 38.0. The third-order valence-corrected chi connectivity index (χ3v) is 4.79. The van der Waals surface area contributed by atoms with Crippen molar-refractivity contribution in [2.24, 2.45) is 0 Å². The fourth-order valence-electron chi connectivity index (χ4n) is 3.61. The predicted octanol–water partition coefficient (Wildman–Crippen LogP) is 2.16. The molecular weight excluding hydrogens is 224 g/mol. The van der Waals surface area contributed by atoms with Crippen LogP contribution in [0.2, 0.25) is 0 Å². The number of nitrogens with one attached hydrogen (secondary N) is 1. The second-order valence-electron chi connectivity index (χ2n) is 6.43. The Balaban J connectivity index is 1.56. The van der Waals surface area contributed by atoms with E-state index in [4.69, 9.17) is 4.74 Å². The van der Waals surface area contributed by atoms with Gasteiger partial charge < -0.3 is 10.1 Å². The molecule has 3 nitrogen and oxygen atoms in total. The van der Waals surface area contributed by atoms with Gasteiger partial charge in [-0.25, -0.2) is 0 Å². The molecule has 0 aromatic heterocycles. The molecule has 2 heterocycles. The lowest BCUT2D eigenvalue weighted by Crippen LogP contribution is -2.50. The highest BCUT2D eigenvalue weighted by atomic mass is 16.5. The van der Waals surface area contributed by atoms with Gasteiger partial charge in [-0.2, -0.15) is 0 Å². The SMILES string of the molecule is CC1CC(N(CC2CCCCN2)C2CC2)CCO1. The lowest BCUT2D eigenvalue weighted by atomic mass is 9.99. The average Bonchev–Trinajstić information content (AvgIpc) is 3.21. The molecule has 3 fully saturated rings. The Bertz CT molecular complexity index is 261. The summed E-state index contributed by atoms with van der Waals surface area (Å²) in [6.45, 7) is 5.71. The summed E-state index contributed by atoms with van der Waals surface area (Å²) in [5.41, 5.74) is 0. The Labute approximate surface area is 111 Å². The van der Waals surface area contributed by atoms with E-state index in [1.165, 1.54) is 58.0 Å². The van der Waals surface area contributed by atoms with Crippen LogP contribution in [0, 0.1) is 0 Å². The summed E-state index contributed by atoms with van der Waals surface area (Å²) in [6.07, 6.45) is 9.97. The van der Waals surface area contributed by atoms with E-state index in [2.05, 4.69) is 17.1 Å². The van der Waals surface area contributed by atoms with E-state index in [1.54, 1.807) is 0 Å². The zero-order valence-corrected chi connectivity index (χ0v) is 11.7. The van der Waals surface area contributed by atoms with Crippen LogP contribution in [0.25, 0.3) is 0 Å². The molecular formula is C15H28N2O. The number of nitrogens with zero attached hydrogens (tertiary/aromatic N) is 1. The zero-order valence-electron chi connectivity index (χ0n) is 11.7. The molecule has 2 saturated heterocycles. The van der Waals surface area contributed by atoms with Crippen molar-refractivity contribution in [1.82, 2.24) is 10.2 Å². The van der Waals surface area contributed by atoms with E-state index in [1.807, 2.05) is 0 Å². The van der Waals surface area contributed by atoms with Crippen molar-refractivity contribution in [3.05, 3.63) is 0 Å². The lowest BCUT2D eigenvalue weighted by Gasteiger charge is -2.39. The van der Waals surface area contributed by atoms with Crippen molar-refractivity contribution in [2.75, 3.05) is 19.7 Å². The fourth-order valence-corrected chi connectivity index (χ4v) is 3.61. The highest BCUT2D eigenvalue weighted by molar-refractivity contribution is 4.93. The van der Waals surface area contributed by atoms with Crippen molar-refractivity contribution in [3.8, 4) is 0 Å². The van der Waals surface area contributed by atoms with E-state index in [-0.39, 0.29) is 0 Å². The summed E-state index contributed by atoms with van der Waals surface area (Å²) >= 11 is 0. The smallest absolute Gasteiger partial charge is 0.0561 e. The maximum atomic E-state index is 5.71. The lowest BCUT2D eigenvalue weighted by molar-refractivity contribution is -0.0221. The topological polar surface area (TPSA) is 24.5 Å². The number of hydrogen-bond donors (Lipinski definition) is 1. The summed E-state index contributed by atoms with van der Waals surface area (Å²) in [4.78, 5) is 2.82. The van der Waals surface area contributed by atoms with Gasteiger partial charge in [0.2, 0.25) is 0 Å². The van der Waals surface area contributed by atoms with Gasteiger partial charge in [-0.15, -0.1) is 0 Å². The standard InChI is InChI=1S/C15H28N2O/c1-12-10-15(7-9-18-12)17(14-5-6-14)11-13-4-2-3-8-16-13/h12-16H,2-11H2,1H3. The average molecular weight is 252 g/mol. The van der Waals surface area contributed by atoms with Crippen LogP contribution in [0.5, 0.6) is 0 Å². The van der Waals surface area contributed by atoms with Gasteiger partial charge in [0.05, 0.1) is 6.10 Å². The molecule has 0 aromatic rings. The van der Waals surface area contributed by atoms with Gasteiger partial charge >= 0.3 is 0 Å².